The molecule has 140 valence electrons. The Hall–Kier alpha value is -2.99. The van der Waals surface area contributed by atoms with E-state index in [1.54, 1.807) is 5.51 Å². The van der Waals surface area contributed by atoms with E-state index < -0.39 is 0 Å². The van der Waals surface area contributed by atoms with Crippen LogP contribution in [0.3, 0.4) is 0 Å². The van der Waals surface area contributed by atoms with Crippen LogP contribution < -0.4 is 5.32 Å². The maximum atomic E-state index is 13.0. The molecule has 0 aliphatic heterocycles. The van der Waals surface area contributed by atoms with Crippen molar-refractivity contribution < 1.29 is 4.79 Å². The molecular weight excluding hydrogens is 368 g/mol. The molecule has 0 spiro atoms. The number of nitrogens with one attached hydrogen (secondary N) is 1. The summed E-state index contributed by atoms with van der Waals surface area (Å²) in [6.45, 7) is 0.228. The topological polar surface area (TPSA) is 59.8 Å². The number of carbonyl (C=O) groups is 1. The van der Waals surface area contributed by atoms with E-state index >= 15 is 0 Å². The number of hydrogen-bond acceptors (Lipinski definition) is 4. The largest absolute Gasteiger partial charge is 0.348 e. The third-order valence-corrected chi connectivity index (χ3v) is 5.91. The molecule has 0 bridgehead atoms. The average Bonchev–Trinajstić information content (AvgIpc) is 3.37. The van der Waals surface area contributed by atoms with Crippen molar-refractivity contribution in [1.82, 2.24) is 19.9 Å². The minimum Gasteiger partial charge on any atom is -0.348 e. The fourth-order valence-corrected chi connectivity index (χ4v) is 4.57. The molecule has 1 aliphatic carbocycles. The SMILES string of the molecule is O=C(Cn1c(-c2cscn2)nc2ccccc21)NC1CCCc2ccccc21. The Morgan fingerprint density at radius 2 is 2.04 bits per heavy atom. The summed E-state index contributed by atoms with van der Waals surface area (Å²) in [5.41, 5.74) is 7.01. The van der Waals surface area contributed by atoms with Gasteiger partial charge in [0.05, 0.1) is 22.6 Å². The summed E-state index contributed by atoms with van der Waals surface area (Å²) in [4.78, 5) is 22.1. The minimum absolute atomic E-state index is 0.00124. The number of amides is 1. The fraction of sp³-hybridized carbons (Fsp3) is 0.227. The van der Waals surface area contributed by atoms with Crippen LogP contribution in [0.1, 0.15) is 30.0 Å². The first kappa shape index (κ1) is 17.1. The quantitative estimate of drug-likeness (QED) is 0.565. The molecule has 5 rings (SSSR count). The summed E-state index contributed by atoms with van der Waals surface area (Å²) in [6, 6.07) is 16.4. The van der Waals surface area contributed by atoms with E-state index in [1.165, 1.54) is 22.5 Å². The predicted octanol–water partition coefficient (Wildman–Crippen LogP) is 4.35. The van der Waals surface area contributed by atoms with Crippen LogP contribution in [0.2, 0.25) is 0 Å². The lowest BCUT2D eigenvalue weighted by molar-refractivity contribution is -0.122. The predicted molar refractivity (Wildman–Crippen MR) is 111 cm³/mol. The van der Waals surface area contributed by atoms with Gasteiger partial charge in [0.25, 0.3) is 0 Å². The molecule has 4 aromatic rings. The molecule has 2 aromatic carbocycles. The first-order chi connectivity index (χ1) is 13.8. The number of aryl methyl sites for hydroxylation is 1. The third kappa shape index (κ3) is 3.10. The van der Waals surface area contributed by atoms with Crippen LogP contribution in [0.15, 0.2) is 59.4 Å². The Morgan fingerprint density at radius 3 is 2.93 bits per heavy atom. The molecule has 1 atom stereocenters. The van der Waals surface area contributed by atoms with Crippen LogP contribution in [0.25, 0.3) is 22.6 Å². The zero-order valence-corrected chi connectivity index (χ0v) is 16.2. The van der Waals surface area contributed by atoms with Crippen molar-refractivity contribution in [2.24, 2.45) is 0 Å². The first-order valence-corrected chi connectivity index (χ1v) is 10.4. The van der Waals surface area contributed by atoms with E-state index in [2.05, 4.69) is 28.5 Å². The molecule has 1 amide bonds. The van der Waals surface area contributed by atoms with Crippen molar-refractivity contribution in [3.05, 3.63) is 70.5 Å². The van der Waals surface area contributed by atoms with E-state index in [-0.39, 0.29) is 18.5 Å². The summed E-state index contributed by atoms with van der Waals surface area (Å²) in [5, 5.41) is 5.21. The second-order valence-corrected chi connectivity index (χ2v) is 7.81. The average molecular weight is 388 g/mol. The molecule has 1 unspecified atom stereocenters. The highest BCUT2D eigenvalue weighted by molar-refractivity contribution is 7.07. The highest BCUT2D eigenvalue weighted by atomic mass is 32.1. The summed E-state index contributed by atoms with van der Waals surface area (Å²) in [6.07, 6.45) is 3.16. The molecule has 1 N–H and O–H groups in total. The monoisotopic (exact) mass is 388 g/mol. The van der Waals surface area contributed by atoms with E-state index in [4.69, 9.17) is 4.98 Å². The summed E-state index contributed by atoms with van der Waals surface area (Å²) in [5.74, 6) is 0.739. The van der Waals surface area contributed by atoms with Crippen LogP contribution in [0, 0.1) is 0 Å². The van der Waals surface area contributed by atoms with Crippen LogP contribution in [-0.2, 0) is 17.8 Å². The van der Waals surface area contributed by atoms with Gasteiger partial charge in [0.15, 0.2) is 5.82 Å². The number of para-hydroxylation sites is 2. The second kappa shape index (κ2) is 7.20. The van der Waals surface area contributed by atoms with Gasteiger partial charge in [0.2, 0.25) is 5.91 Å². The van der Waals surface area contributed by atoms with Gasteiger partial charge in [-0.1, -0.05) is 36.4 Å². The Bertz CT molecular complexity index is 1130. The Morgan fingerprint density at radius 1 is 1.18 bits per heavy atom. The van der Waals surface area contributed by atoms with Gasteiger partial charge in [-0.2, -0.15) is 0 Å². The van der Waals surface area contributed by atoms with Gasteiger partial charge in [-0.3, -0.25) is 4.79 Å². The van der Waals surface area contributed by atoms with E-state index in [0.717, 1.165) is 41.8 Å². The van der Waals surface area contributed by atoms with Crippen LogP contribution in [0.4, 0.5) is 0 Å². The number of imidazole rings is 1. The van der Waals surface area contributed by atoms with Crippen molar-refractivity contribution in [3.63, 3.8) is 0 Å². The molecule has 0 saturated carbocycles. The van der Waals surface area contributed by atoms with Gasteiger partial charge in [0, 0.05) is 5.38 Å². The van der Waals surface area contributed by atoms with Crippen molar-refractivity contribution in [1.29, 1.82) is 0 Å². The van der Waals surface area contributed by atoms with Gasteiger partial charge in [-0.15, -0.1) is 11.3 Å². The normalized spacial score (nSPS) is 16.1. The smallest absolute Gasteiger partial charge is 0.240 e. The maximum absolute atomic E-state index is 13.0. The zero-order chi connectivity index (χ0) is 18.9. The number of thiazole rings is 1. The van der Waals surface area contributed by atoms with Crippen molar-refractivity contribution in [2.45, 2.75) is 31.8 Å². The Kier molecular flexibility index (Phi) is 4.41. The highest BCUT2D eigenvalue weighted by Crippen LogP contribution is 2.30. The molecule has 2 heterocycles. The maximum Gasteiger partial charge on any atom is 0.240 e. The second-order valence-electron chi connectivity index (χ2n) is 7.10. The van der Waals surface area contributed by atoms with Crippen molar-refractivity contribution >= 4 is 28.3 Å². The lowest BCUT2D eigenvalue weighted by Gasteiger charge is -2.26. The highest BCUT2D eigenvalue weighted by Gasteiger charge is 2.23. The fourth-order valence-electron chi connectivity index (χ4n) is 4.04. The number of fused-ring (bicyclic) bond motifs is 2. The molecule has 28 heavy (non-hydrogen) atoms. The minimum atomic E-state index is 0.00124. The molecule has 0 radical (unpaired) electrons. The van der Waals surface area contributed by atoms with Crippen LogP contribution >= 0.6 is 11.3 Å². The van der Waals surface area contributed by atoms with Crippen molar-refractivity contribution in [3.8, 4) is 11.5 Å². The van der Waals surface area contributed by atoms with Gasteiger partial charge < -0.3 is 9.88 Å². The number of aromatic nitrogens is 3. The zero-order valence-electron chi connectivity index (χ0n) is 15.3. The van der Waals surface area contributed by atoms with Crippen LogP contribution in [-0.4, -0.2) is 20.4 Å². The number of benzene rings is 2. The van der Waals surface area contributed by atoms with Gasteiger partial charge in [-0.25, -0.2) is 9.97 Å². The lowest BCUT2D eigenvalue weighted by Crippen LogP contribution is -2.33. The summed E-state index contributed by atoms with van der Waals surface area (Å²) >= 11 is 1.53. The number of hydrogen-bond donors (Lipinski definition) is 1. The van der Waals surface area contributed by atoms with Crippen molar-refractivity contribution in [2.75, 3.05) is 0 Å². The van der Waals surface area contributed by atoms with Gasteiger partial charge in [0.1, 0.15) is 12.2 Å². The van der Waals surface area contributed by atoms with Gasteiger partial charge >= 0.3 is 0 Å². The molecule has 2 aromatic heterocycles. The molecule has 6 heteroatoms. The molecule has 0 saturated heterocycles. The number of nitrogens with zero attached hydrogens (tertiary/aromatic N) is 3. The summed E-state index contributed by atoms with van der Waals surface area (Å²) in [7, 11) is 0. The standard InChI is InChI=1S/C22H20N4OS/c27-21(24-17-10-5-7-15-6-1-2-8-16(15)17)12-26-20-11-4-3-9-18(20)25-22(26)19-13-28-14-23-19/h1-4,6,8-9,11,13-14,17H,5,7,10,12H2,(H,24,27). The summed E-state index contributed by atoms with van der Waals surface area (Å²) < 4.78 is 1.97. The van der Waals surface area contributed by atoms with E-state index in [0.29, 0.717) is 0 Å². The van der Waals surface area contributed by atoms with Crippen LogP contribution in [0.5, 0.6) is 0 Å². The number of carbonyl (C=O) groups excluding carboxylic acids is 1. The molecule has 0 fully saturated rings. The lowest BCUT2D eigenvalue weighted by atomic mass is 9.88. The number of rotatable bonds is 4. The van der Waals surface area contributed by atoms with E-state index in [1.807, 2.05) is 40.3 Å². The first-order valence-electron chi connectivity index (χ1n) is 9.50. The Balaban J connectivity index is 1.45. The molecule has 5 nitrogen and oxygen atoms in total. The van der Waals surface area contributed by atoms with E-state index in [9.17, 15) is 4.79 Å². The Labute approximate surface area is 167 Å². The molecular formula is C22H20N4OS. The third-order valence-electron chi connectivity index (χ3n) is 5.32. The van der Waals surface area contributed by atoms with Gasteiger partial charge in [-0.05, 0) is 42.5 Å². The molecule has 1 aliphatic rings.